The van der Waals surface area contributed by atoms with Crippen LogP contribution < -0.4 is 5.32 Å². The van der Waals surface area contributed by atoms with E-state index in [1.807, 2.05) is 4.90 Å². The lowest BCUT2D eigenvalue weighted by molar-refractivity contribution is -0.121. The van der Waals surface area contributed by atoms with Gasteiger partial charge in [0.2, 0.25) is 5.91 Å². The van der Waals surface area contributed by atoms with Crippen LogP contribution in [-0.2, 0) is 4.79 Å². The Morgan fingerprint density at radius 2 is 2.50 bits per heavy atom. The summed E-state index contributed by atoms with van der Waals surface area (Å²) in [5.41, 5.74) is 0. The number of aliphatic hydroxyl groups excluding tert-OH is 1. The predicted octanol–water partition coefficient (Wildman–Crippen LogP) is -0.120. The van der Waals surface area contributed by atoms with Gasteiger partial charge in [0.1, 0.15) is 0 Å². The van der Waals surface area contributed by atoms with Gasteiger partial charge in [-0.25, -0.2) is 0 Å². The maximum Gasteiger partial charge on any atom is 0.234 e. The minimum Gasteiger partial charge on any atom is -0.516 e. The van der Waals surface area contributed by atoms with Crippen molar-refractivity contribution < 1.29 is 9.90 Å². The van der Waals surface area contributed by atoms with Crippen molar-refractivity contribution in [1.29, 1.82) is 0 Å². The molecule has 1 saturated heterocycles. The zero-order valence-electron chi connectivity index (χ0n) is 6.99. The van der Waals surface area contributed by atoms with Crippen LogP contribution >= 0.6 is 0 Å². The Kier molecular flexibility index (Phi) is 3.60. The molecule has 1 aliphatic rings. The first-order valence-electron chi connectivity index (χ1n) is 4.11. The maximum absolute atomic E-state index is 11.0. The number of amides is 1. The van der Waals surface area contributed by atoms with Gasteiger partial charge < -0.3 is 10.4 Å². The van der Waals surface area contributed by atoms with E-state index in [2.05, 4.69) is 5.32 Å². The summed E-state index contributed by atoms with van der Waals surface area (Å²) in [6.07, 6.45) is 3.63. The summed E-state index contributed by atoms with van der Waals surface area (Å²) in [6.45, 7) is 2.75. The number of carbonyl (C=O) groups is 1. The number of rotatable bonds is 2. The molecular weight excluding hydrogens is 156 g/mol. The second kappa shape index (κ2) is 4.77. The Morgan fingerprint density at radius 3 is 3.25 bits per heavy atom. The predicted molar refractivity (Wildman–Crippen MR) is 45.8 cm³/mol. The number of hydrogen-bond acceptors (Lipinski definition) is 3. The van der Waals surface area contributed by atoms with E-state index in [0.29, 0.717) is 13.1 Å². The van der Waals surface area contributed by atoms with E-state index in [4.69, 9.17) is 5.11 Å². The van der Waals surface area contributed by atoms with E-state index in [-0.39, 0.29) is 5.91 Å². The molecule has 0 radical (unpaired) electrons. The minimum absolute atomic E-state index is 0.0684. The second-order valence-electron chi connectivity index (χ2n) is 2.82. The summed E-state index contributed by atoms with van der Waals surface area (Å²) in [5, 5.41) is 11.2. The number of nitrogens with zero attached hydrogens (tertiary/aromatic N) is 1. The molecule has 68 valence electrons. The second-order valence-corrected chi connectivity index (χ2v) is 2.82. The summed E-state index contributed by atoms with van der Waals surface area (Å²) in [7, 11) is 0. The molecule has 1 fully saturated rings. The Balaban J connectivity index is 2.35. The van der Waals surface area contributed by atoms with Crippen LogP contribution in [0.2, 0.25) is 0 Å². The molecule has 1 heterocycles. The average Bonchev–Trinajstić information content (AvgIpc) is 2.26. The first-order chi connectivity index (χ1) is 5.83. The normalized spacial score (nSPS) is 20.8. The van der Waals surface area contributed by atoms with Gasteiger partial charge in [0, 0.05) is 19.6 Å². The van der Waals surface area contributed by atoms with E-state index in [1.54, 1.807) is 6.08 Å². The molecular formula is C8H14N2O2. The zero-order chi connectivity index (χ0) is 8.81. The molecule has 0 spiro atoms. The highest BCUT2D eigenvalue weighted by atomic mass is 16.2. The first-order valence-corrected chi connectivity index (χ1v) is 4.11. The number of nitrogens with one attached hydrogen (secondary N) is 1. The Hall–Kier alpha value is -1.03. The molecule has 2 N–H and O–H groups in total. The fourth-order valence-corrected chi connectivity index (χ4v) is 1.22. The lowest BCUT2D eigenvalue weighted by atomic mass is 10.4. The third-order valence-corrected chi connectivity index (χ3v) is 1.81. The van der Waals surface area contributed by atoms with Crippen molar-refractivity contribution in [2.45, 2.75) is 6.42 Å². The van der Waals surface area contributed by atoms with Gasteiger partial charge >= 0.3 is 0 Å². The van der Waals surface area contributed by atoms with Gasteiger partial charge in [0.05, 0.1) is 12.8 Å². The van der Waals surface area contributed by atoms with Gasteiger partial charge in [-0.1, -0.05) is 0 Å². The van der Waals surface area contributed by atoms with Crippen LogP contribution in [0, 0.1) is 0 Å². The topological polar surface area (TPSA) is 52.6 Å². The molecule has 1 aliphatic heterocycles. The quantitative estimate of drug-likeness (QED) is 0.568. The summed E-state index contributed by atoms with van der Waals surface area (Å²) < 4.78 is 0. The van der Waals surface area contributed by atoms with E-state index in [0.717, 1.165) is 25.8 Å². The van der Waals surface area contributed by atoms with Crippen molar-refractivity contribution in [1.82, 2.24) is 10.2 Å². The fraction of sp³-hybridized carbons (Fsp3) is 0.625. The van der Waals surface area contributed by atoms with Crippen LogP contribution in [0.5, 0.6) is 0 Å². The lowest BCUT2D eigenvalue weighted by Gasteiger charge is -2.14. The van der Waals surface area contributed by atoms with Crippen molar-refractivity contribution in [2.24, 2.45) is 0 Å². The van der Waals surface area contributed by atoms with Crippen molar-refractivity contribution in [3.05, 3.63) is 12.3 Å². The fourth-order valence-electron chi connectivity index (χ4n) is 1.22. The van der Waals surface area contributed by atoms with Crippen LogP contribution in [0.15, 0.2) is 12.3 Å². The van der Waals surface area contributed by atoms with Gasteiger partial charge in [0.25, 0.3) is 0 Å². The van der Waals surface area contributed by atoms with Gasteiger partial charge in [-0.05, 0) is 12.5 Å². The SMILES string of the molecule is O=C1CN(CC=CO)CCCN1. The Morgan fingerprint density at radius 1 is 1.67 bits per heavy atom. The third kappa shape index (κ3) is 2.92. The average molecular weight is 170 g/mol. The first kappa shape index (κ1) is 9.06. The monoisotopic (exact) mass is 170 g/mol. The van der Waals surface area contributed by atoms with Crippen LogP contribution in [0.25, 0.3) is 0 Å². The summed E-state index contributed by atoms with van der Waals surface area (Å²) >= 11 is 0. The molecule has 0 saturated carbocycles. The largest absolute Gasteiger partial charge is 0.516 e. The summed E-state index contributed by atoms with van der Waals surface area (Å²) in [4.78, 5) is 13.0. The molecule has 1 amide bonds. The van der Waals surface area contributed by atoms with E-state index in [9.17, 15) is 4.79 Å². The molecule has 4 heteroatoms. The molecule has 0 aromatic carbocycles. The Labute approximate surface area is 71.9 Å². The van der Waals surface area contributed by atoms with Crippen molar-refractivity contribution in [2.75, 3.05) is 26.2 Å². The summed E-state index contributed by atoms with van der Waals surface area (Å²) in [5.74, 6) is 0.0684. The van der Waals surface area contributed by atoms with Gasteiger partial charge in [-0.2, -0.15) is 0 Å². The van der Waals surface area contributed by atoms with Crippen LogP contribution in [0.4, 0.5) is 0 Å². The van der Waals surface area contributed by atoms with Crippen LogP contribution in [-0.4, -0.2) is 42.1 Å². The van der Waals surface area contributed by atoms with Crippen molar-refractivity contribution in [3.63, 3.8) is 0 Å². The standard InChI is InChI=1S/C8H14N2O2/c11-6-2-5-10-4-1-3-9-8(12)7-10/h2,6,11H,1,3-5,7H2,(H,9,12). The summed E-state index contributed by atoms with van der Waals surface area (Å²) in [6, 6.07) is 0. The van der Waals surface area contributed by atoms with E-state index < -0.39 is 0 Å². The molecule has 0 atom stereocenters. The van der Waals surface area contributed by atoms with Crippen LogP contribution in [0.3, 0.4) is 0 Å². The lowest BCUT2D eigenvalue weighted by Crippen LogP contribution is -2.33. The smallest absolute Gasteiger partial charge is 0.234 e. The maximum atomic E-state index is 11.0. The molecule has 0 unspecified atom stereocenters. The Bertz CT molecular complexity index is 180. The van der Waals surface area contributed by atoms with Gasteiger partial charge in [-0.15, -0.1) is 0 Å². The highest BCUT2D eigenvalue weighted by Crippen LogP contribution is 1.95. The van der Waals surface area contributed by atoms with Crippen molar-refractivity contribution in [3.8, 4) is 0 Å². The molecule has 0 aliphatic carbocycles. The van der Waals surface area contributed by atoms with Gasteiger partial charge in [-0.3, -0.25) is 9.69 Å². The van der Waals surface area contributed by atoms with Gasteiger partial charge in [0.15, 0.2) is 0 Å². The van der Waals surface area contributed by atoms with Crippen molar-refractivity contribution >= 4 is 5.91 Å². The highest BCUT2D eigenvalue weighted by Gasteiger charge is 2.12. The van der Waals surface area contributed by atoms with E-state index in [1.165, 1.54) is 0 Å². The molecule has 0 bridgehead atoms. The zero-order valence-corrected chi connectivity index (χ0v) is 6.99. The molecule has 1 rings (SSSR count). The number of carbonyl (C=O) groups excluding carboxylic acids is 1. The number of aliphatic hydroxyl groups is 1. The minimum atomic E-state index is 0.0684. The molecule has 0 aromatic rings. The molecule has 0 aromatic heterocycles. The third-order valence-electron chi connectivity index (χ3n) is 1.81. The van der Waals surface area contributed by atoms with Crippen LogP contribution in [0.1, 0.15) is 6.42 Å². The number of hydrogen-bond donors (Lipinski definition) is 2. The van der Waals surface area contributed by atoms with E-state index >= 15 is 0 Å². The molecule has 4 nitrogen and oxygen atoms in total. The highest BCUT2D eigenvalue weighted by molar-refractivity contribution is 5.78. The molecule has 12 heavy (non-hydrogen) atoms.